The lowest BCUT2D eigenvalue weighted by molar-refractivity contribution is -0.123. The van der Waals surface area contributed by atoms with E-state index >= 15 is 0 Å². The Hall–Kier alpha value is -3.40. The van der Waals surface area contributed by atoms with Crippen molar-refractivity contribution in [1.29, 1.82) is 0 Å². The summed E-state index contributed by atoms with van der Waals surface area (Å²) in [6, 6.07) is 21.3. The van der Waals surface area contributed by atoms with Crippen LogP contribution in [0, 0.1) is 13.8 Å². The lowest BCUT2D eigenvalue weighted by Gasteiger charge is -2.35. The number of fused-ring (bicyclic) bond motifs is 6. The molecule has 4 nitrogen and oxygen atoms in total. The van der Waals surface area contributed by atoms with Gasteiger partial charge in [0.25, 0.3) is 11.8 Å². The van der Waals surface area contributed by atoms with Crippen LogP contribution in [0.5, 0.6) is 0 Å². The molecule has 27 heavy (non-hydrogen) atoms. The van der Waals surface area contributed by atoms with Crippen LogP contribution in [0.1, 0.15) is 22.6 Å². The number of nitrogens with zero attached hydrogens (tertiary/aromatic N) is 2. The Kier molecular flexibility index (Phi) is 3.25. The quantitative estimate of drug-likeness (QED) is 0.609. The van der Waals surface area contributed by atoms with Gasteiger partial charge in [-0.15, -0.1) is 0 Å². The third-order valence-electron chi connectivity index (χ3n) is 5.53. The molecule has 0 unspecified atom stereocenters. The molecule has 0 N–H and O–H groups in total. The second-order valence-electron chi connectivity index (χ2n) is 7.11. The summed E-state index contributed by atoms with van der Waals surface area (Å²) in [5, 5.41) is 3.08. The van der Waals surface area contributed by atoms with E-state index in [4.69, 9.17) is 0 Å². The van der Waals surface area contributed by atoms with Crippen molar-refractivity contribution in [3.8, 4) is 11.1 Å². The van der Waals surface area contributed by atoms with Crippen molar-refractivity contribution in [2.24, 2.45) is 0 Å². The Bertz CT molecular complexity index is 1060. The summed E-state index contributed by atoms with van der Waals surface area (Å²) in [6.45, 7) is 4.03. The number of anilines is 2. The van der Waals surface area contributed by atoms with Gasteiger partial charge >= 0.3 is 0 Å². The molecule has 2 heterocycles. The van der Waals surface area contributed by atoms with E-state index in [2.05, 4.69) is 0 Å². The average Bonchev–Trinajstić information content (AvgIpc) is 2.95. The molecule has 0 atom stereocenters. The number of rotatable bonds is 1. The highest BCUT2D eigenvalue weighted by atomic mass is 16.2. The summed E-state index contributed by atoms with van der Waals surface area (Å²) in [6.07, 6.45) is 0. The van der Waals surface area contributed by atoms with E-state index in [0.29, 0.717) is 0 Å². The molecule has 0 radical (unpaired) electrons. The van der Waals surface area contributed by atoms with E-state index in [1.54, 1.807) is 10.0 Å². The molecular formula is C23H18N2O2. The van der Waals surface area contributed by atoms with Crippen LogP contribution in [-0.4, -0.2) is 11.8 Å². The van der Waals surface area contributed by atoms with Crippen molar-refractivity contribution < 1.29 is 9.59 Å². The Morgan fingerprint density at radius 2 is 1.19 bits per heavy atom. The molecule has 4 heteroatoms. The highest BCUT2D eigenvalue weighted by molar-refractivity contribution is 6.29. The first-order valence-electron chi connectivity index (χ1n) is 9.01. The third kappa shape index (κ3) is 2.10. The molecule has 2 aliphatic rings. The zero-order chi connectivity index (χ0) is 18.7. The van der Waals surface area contributed by atoms with Gasteiger partial charge in [0.1, 0.15) is 5.92 Å². The molecule has 0 aromatic heterocycles. The lowest BCUT2D eigenvalue weighted by Crippen LogP contribution is -2.43. The summed E-state index contributed by atoms with van der Waals surface area (Å²) in [4.78, 5) is 26.8. The summed E-state index contributed by atoms with van der Waals surface area (Å²) in [5.74, 6) is -1.22. The van der Waals surface area contributed by atoms with Crippen molar-refractivity contribution in [3.05, 3.63) is 83.4 Å². The van der Waals surface area contributed by atoms with Crippen LogP contribution in [0.4, 0.5) is 11.4 Å². The fraction of sp³-hybridized carbons (Fsp3) is 0.130. The molecule has 5 rings (SSSR count). The summed E-state index contributed by atoms with van der Waals surface area (Å²) < 4.78 is 0. The minimum Gasteiger partial charge on any atom is -0.271 e. The van der Waals surface area contributed by atoms with Gasteiger partial charge in [-0.3, -0.25) is 9.59 Å². The molecule has 2 amide bonds. The van der Waals surface area contributed by atoms with Gasteiger partial charge in [0, 0.05) is 11.1 Å². The molecule has 0 saturated carbocycles. The predicted octanol–water partition coefficient (Wildman–Crippen LogP) is 4.36. The largest absolute Gasteiger partial charge is 0.271 e. The molecule has 2 aliphatic heterocycles. The summed E-state index contributed by atoms with van der Waals surface area (Å²) in [7, 11) is 0. The fourth-order valence-electron chi connectivity index (χ4n) is 4.00. The van der Waals surface area contributed by atoms with E-state index < -0.39 is 5.92 Å². The number of para-hydroxylation sites is 2. The smallest absolute Gasteiger partial charge is 0.263 e. The highest BCUT2D eigenvalue weighted by Crippen LogP contribution is 2.48. The minimum atomic E-state index is -0.816. The zero-order valence-corrected chi connectivity index (χ0v) is 15.1. The normalized spacial score (nSPS) is 15.6. The first-order chi connectivity index (χ1) is 13.1. The SMILES string of the molecule is Cc1ccc(C2C(=O)N3c4ccccc4-c4ccccc4N3C2=O)cc1C. The van der Waals surface area contributed by atoms with Gasteiger partial charge in [0.2, 0.25) is 0 Å². The molecule has 3 aromatic rings. The first kappa shape index (κ1) is 15.8. The number of hydrogen-bond acceptors (Lipinski definition) is 2. The van der Waals surface area contributed by atoms with E-state index in [0.717, 1.165) is 39.2 Å². The van der Waals surface area contributed by atoms with Gasteiger partial charge in [-0.2, -0.15) is 0 Å². The lowest BCUT2D eigenvalue weighted by atomic mass is 9.95. The van der Waals surface area contributed by atoms with E-state index in [9.17, 15) is 9.59 Å². The summed E-state index contributed by atoms with van der Waals surface area (Å²) in [5.41, 5.74) is 6.40. The van der Waals surface area contributed by atoms with Crippen molar-refractivity contribution in [3.63, 3.8) is 0 Å². The minimum absolute atomic E-state index is 0.204. The maximum Gasteiger partial charge on any atom is 0.263 e. The Balaban J connectivity index is 1.72. The van der Waals surface area contributed by atoms with Crippen LogP contribution in [0.2, 0.25) is 0 Å². The van der Waals surface area contributed by atoms with Crippen molar-refractivity contribution in [1.82, 2.24) is 0 Å². The molecule has 0 bridgehead atoms. The maximum absolute atomic E-state index is 13.4. The molecule has 1 fully saturated rings. The van der Waals surface area contributed by atoms with Gasteiger partial charge in [-0.1, -0.05) is 54.6 Å². The Morgan fingerprint density at radius 1 is 0.667 bits per heavy atom. The molecule has 0 spiro atoms. The Morgan fingerprint density at radius 3 is 1.70 bits per heavy atom. The fourth-order valence-corrected chi connectivity index (χ4v) is 4.00. The molecular weight excluding hydrogens is 336 g/mol. The van der Waals surface area contributed by atoms with Gasteiger partial charge < -0.3 is 0 Å². The first-order valence-corrected chi connectivity index (χ1v) is 9.01. The van der Waals surface area contributed by atoms with Crippen LogP contribution < -0.4 is 10.0 Å². The molecule has 1 saturated heterocycles. The maximum atomic E-state index is 13.4. The topological polar surface area (TPSA) is 40.6 Å². The number of benzene rings is 3. The number of amides is 2. The van der Waals surface area contributed by atoms with Gasteiger partial charge in [0.05, 0.1) is 11.4 Å². The van der Waals surface area contributed by atoms with Gasteiger partial charge in [-0.25, -0.2) is 10.0 Å². The standard InChI is InChI=1S/C23H18N2O2/c1-14-11-12-16(13-15(14)2)21-22(26)24-19-9-5-3-7-17(19)18-8-4-6-10-20(18)25(24)23(21)27/h3-13,21H,1-2H3. The van der Waals surface area contributed by atoms with Crippen molar-refractivity contribution >= 4 is 23.2 Å². The molecule has 132 valence electrons. The predicted molar refractivity (Wildman–Crippen MR) is 106 cm³/mol. The van der Waals surface area contributed by atoms with Crippen LogP contribution >= 0.6 is 0 Å². The van der Waals surface area contributed by atoms with E-state index in [1.165, 1.54) is 0 Å². The van der Waals surface area contributed by atoms with Crippen LogP contribution in [-0.2, 0) is 9.59 Å². The monoisotopic (exact) mass is 354 g/mol. The average molecular weight is 354 g/mol. The zero-order valence-electron chi connectivity index (χ0n) is 15.1. The van der Waals surface area contributed by atoms with Gasteiger partial charge in [0.15, 0.2) is 0 Å². The second-order valence-corrected chi connectivity index (χ2v) is 7.11. The second kappa shape index (κ2) is 5.55. The molecule has 3 aromatic carbocycles. The number of carbonyl (C=O) groups excluding carboxylic acids is 2. The Labute approximate surface area is 157 Å². The number of aryl methyl sites for hydroxylation is 2. The van der Waals surface area contributed by atoms with Crippen LogP contribution in [0.15, 0.2) is 66.7 Å². The number of hydrazine groups is 1. The molecule has 0 aliphatic carbocycles. The van der Waals surface area contributed by atoms with Gasteiger partial charge in [-0.05, 0) is 42.7 Å². The number of carbonyl (C=O) groups is 2. The number of hydrogen-bond donors (Lipinski definition) is 0. The van der Waals surface area contributed by atoms with Crippen molar-refractivity contribution in [2.75, 3.05) is 10.0 Å². The van der Waals surface area contributed by atoms with Crippen molar-refractivity contribution in [2.45, 2.75) is 19.8 Å². The highest BCUT2D eigenvalue weighted by Gasteiger charge is 2.50. The summed E-state index contributed by atoms with van der Waals surface area (Å²) >= 11 is 0. The van der Waals surface area contributed by atoms with Crippen LogP contribution in [0.3, 0.4) is 0 Å². The third-order valence-corrected chi connectivity index (χ3v) is 5.53. The van der Waals surface area contributed by atoms with Crippen LogP contribution in [0.25, 0.3) is 11.1 Å². The van der Waals surface area contributed by atoms with E-state index in [1.807, 2.05) is 80.6 Å². The van der Waals surface area contributed by atoms with E-state index in [-0.39, 0.29) is 11.8 Å².